The van der Waals surface area contributed by atoms with Crippen LogP contribution >= 0.6 is 0 Å². The van der Waals surface area contributed by atoms with Crippen LogP contribution in [0.3, 0.4) is 0 Å². The fourth-order valence-electron chi connectivity index (χ4n) is 4.59. The zero-order valence-electron chi connectivity index (χ0n) is 15.8. The summed E-state index contributed by atoms with van der Waals surface area (Å²) in [4.78, 5) is 25.9. The van der Waals surface area contributed by atoms with Gasteiger partial charge in [-0.1, -0.05) is 38.1 Å². The summed E-state index contributed by atoms with van der Waals surface area (Å²) in [6.45, 7) is 4.84. The van der Waals surface area contributed by atoms with Gasteiger partial charge in [0.25, 0.3) is 0 Å². The van der Waals surface area contributed by atoms with Gasteiger partial charge in [-0.05, 0) is 48.6 Å². The van der Waals surface area contributed by atoms with Crippen molar-refractivity contribution in [1.82, 2.24) is 10.2 Å². The van der Waals surface area contributed by atoms with E-state index in [1.165, 1.54) is 11.1 Å². The molecule has 1 spiro atoms. The standard InChI is InChI=1S/C21H28N2O3/c1-13(2)14-5-4-6-15(7-14)16-8-18(9-16)23(3)19(24)17-10-21(11-17)12-26-20(25)22-21/h4-7,13,16-18H,8-12H2,1-3H3,(H,22,25). The van der Waals surface area contributed by atoms with E-state index in [0.29, 0.717) is 37.3 Å². The van der Waals surface area contributed by atoms with Gasteiger partial charge in [0.05, 0.1) is 5.54 Å². The van der Waals surface area contributed by atoms with Crippen LogP contribution in [0.25, 0.3) is 0 Å². The summed E-state index contributed by atoms with van der Waals surface area (Å²) in [5, 5.41) is 2.86. The zero-order chi connectivity index (χ0) is 18.5. The number of carbonyl (C=O) groups excluding carboxylic acids is 2. The Bertz CT molecular complexity index is 718. The molecule has 5 heteroatoms. The van der Waals surface area contributed by atoms with E-state index in [1.54, 1.807) is 0 Å². The van der Waals surface area contributed by atoms with Crippen LogP contribution in [0.15, 0.2) is 24.3 Å². The Kier molecular flexibility index (Phi) is 4.20. The van der Waals surface area contributed by atoms with Gasteiger partial charge >= 0.3 is 6.09 Å². The summed E-state index contributed by atoms with van der Waals surface area (Å²) in [6, 6.07) is 9.22. The second kappa shape index (κ2) is 6.29. The maximum absolute atomic E-state index is 12.7. The van der Waals surface area contributed by atoms with Gasteiger partial charge in [0, 0.05) is 19.0 Å². The third kappa shape index (κ3) is 2.97. The summed E-state index contributed by atoms with van der Waals surface area (Å²) in [5.74, 6) is 1.34. The van der Waals surface area contributed by atoms with Gasteiger partial charge in [-0.15, -0.1) is 0 Å². The SMILES string of the molecule is CC(C)c1cccc(C2CC(N(C)C(=O)C3CC4(COC(=O)N4)C3)C2)c1. The number of nitrogens with one attached hydrogen (secondary N) is 1. The summed E-state index contributed by atoms with van der Waals surface area (Å²) in [5.41, 5.74) is 2.51. The number of cyclic esters (lactones) is 1. The molecule has 140 valence electrons. The zero-order valence-corrected chi connectivity index (χ0v) is 15.8. The smallest absolute Gasteiger partial charge is 0.407 e. The molecule has 3 aliphatic rings. The average molecular weight is 356 g/mol. The number of nitrogens with zero attached hydrogens (tertiary/aromatic N) is 1. The van der Waals surface area contributed by atoms with E-state index in [0.717, 1.165) is 12.8 Å². The number of carbonyl (C=O) groups is 2. The van der Waals surface area contributed by atoms with Gasteiger partial charge in [-0.25, -0.2) is 4.79 Å². The molecule has 2 aliphatic carbocycles. The molecule has 0 radical (unpaired) electrons. The van der Waals surface area contributed by atoms with Crippen LogP contribution in [-0.4, -0.2) is 42.1 Å². The molecular formula is C21H28N2O3. The van der Waals surface area contributed by atoms with Crippen molar-refractivity contribution in [3.05, 3.63) is 35.4 Å². The molecule has 26 heavy (non-hydrogen) atoms. The van der Waals surface area contributed by atoms with Crippen molar-refractivity contribution in [3.8, 4) is 0 Å². The largest absolute Gasteiger partial charge is 0.447 e. The Morgan fingerprint density at radius 3 is 2.65 bits per heavy atom. The lowest BCUT2D eigenvalue weighted by Gasteiger charge is -2.47. The molecule has 2 amide bonds. The molecule has 1 aromatic carbocycles. The Labute approximate surface area is 155 Å². The highest BCUT2D eigenvalue weighted by atomic mass is 16.6. The number of hydrogen-bond donors (Lipinski definition) is 1. The van der Waals surface area contributed by atoms with E-state index < -0.39 is 0 Å². The van der Waals surface area contributed by atoms with Gasteiger partial charge in [-0.3, -0.25) is 4.79 Å². The molecule has 3 fully saturated rings. The van der Waals surface area contributed by atoms with E-state index in [2.05, 4.69) is 43.4 Å². The minimum Gasteiger partial charge on any atom is -0.447 e. The van der Waals surface area contributed by atoms with Crippen molar-refractivity contribution in [1.29, 1.82) is 0 Å². The third-order valence-corrected chi connectivity index (χ3v) is 6.53. The van der Waals surface area contributed by atoms with Crippen LogP contribution in [0.5, 0.6) is 0 Å². The fourth-order valence-corrected chi connectivity index (χ4v) is 4.59. The second-order valence-electron chi connectivity index (χ2n) is 8.68. The van der Waals surface area contributed by atoms with Crippen molar-refractivity contribution in [2.75, 3.05) is 13.7 Å². The Hall–Kier alpha value is -2.04. The first-order valence-electron chi connectivity index (χ1n) is 9.68. The van der Waals surface area contributed by atoms with E-state index >= 15 is 0 Å². The summed E-state index contributed by atoms with van der Waals surface area (Å²) < 4.78 is 4.99. The quantitative estimate of drug-likeness (QED) is 0.899. The predicted molar refractivity (Wildman–Crippen MR) is 99.0 cm³/mol. The van der Waals surface area contributed by atoms with Crippen LogP contribution in [0.4, 0.5) is 4.79 Å². The van der Waals surface area contributed by atoms with Crippen molar-refractivity contribution in [2.24, 2.45) is 5.92 Å². The second-order valence-corrected chi connectivity index (χ2v) is 8.68. The van der Waals surface area contributed by atoms with Crippen molar-refractivity contribution in [3.63, 3.8) is 0 Å². The van der Waals surface area contributed by atoms with Gasteiger partial charge in [0.15, 0.2) is 0 Å². The van der Waals surface area contributed by atoms with Gasteiger partial charge in [0.1, 0.15) is 6.61 Å². The van der Waals surface area contributed by atoms with Crippen LogP contribution in [0.2, 0.25) is 0 Å². The Morgan fingerprint density at radius 2 is 2.04 bits per heavy atom. The third-order valence-electron chi connectivity index (χ3n) is 6.53. The lowest BCUT2D eigenvalue weighted by Crippen LogP contribution is -2.59. The maximum atomic E-state index is 12.7. The van der Waals surface area contributed by atoms with E-state index in [-0.39, 0.29) is 23.5 Å². The lowest BCUT2D eigenvalue weighted by atomic mass is 9.67. The molecule has 5 nitrogen and oxygen atoms in total. The minimum absolute atomic E-state index is 0.0188. The molecule has 0 bridgehead atoms. The number of benzene rings is 1. The molecule has 0 aromatic heterocycles. The van der Waals surface area contributed by atoms with E-state index in [1.807, 2.05) is 11.9 Å². The van der Waals surface area contributed by atoms with Gasteiger partial charge in [-0.2, -0.15) is 0 Å². The van der Waals surface area contributed by atoms with Crippen LogP contribution in [-0.2, 0) is 9.53 Å². The highest BCUT2D eigenvalue weighted by Crippen LogP contribution is 2.44. The van der Waals surface area contributed by atoms with Crippen LogP contribution in [0.1, 0.15) is 62.5 Å². The summed E-state index contributed by atoms with van der Waals surface area (Å²) >= 11 is 0. The fraction of sp³-hybridized carbons (Fsp3) is 0.619. The molecule has 2 saturated carbocycles. The maximum Gasteiger partial charge on any atom is 0.407 e. The average Bonchev–Trinajstić information content (AvgIpc) is 2.94. The first kappa shape index (κ1) is 17.4. The number of amides is 2. The highest BCUT2D eigenvalue weighted by molar-refractivity contribution is 5.81. The van der Waals surface area contributed by atoms with Gasteiger partial charge in [0.2, 0.25) is 5.91 Å². The summed E-state index contributed by atoms with van der Waals surface area (Å²) in [7, 11) is 1.93. The minimum atomic E-state index is -0.352. The van der Waals surface area contributed by atoms with E-state index in [9.17, 15) is 9.59 Å². The first-order chi connectivity index (χ1) is 12.4. The Morgan fingerprint density at radius 1 is 1.31 bits per heavy atom. The number of ether oxygens (including phenoxy) is 1. The van der Waals surface area contributed by atoms with Crippen molar-refractivity contribution in [2.45, 2.75) is 62.9 Å². The topological polar surface area (TPSA) is 58.6 Å². The van der Waals surface area contributed by atoms with Crippen molar-refractivity contribution >= 4 is 12.0 Å². The molecule has 1 heterocycles. The van der Waals surface area contributed by atoms with Crippen LogP contribution in [0, 0.1) is 5.92 Å². The molecule has 1 aromatic rings. The molecule has 1 N–H and O–H groups in total. The Balaban J connectivity index is 1.30. The predicted octanol–water partition coefficient (Wildman–Crippen LogP) is 3.40. The monoisotopic (exact) mass is 356 g/mol. The molecule has 4 rings (SSSR count). The van der Waals surface area contributed by atoms with Crippen molar-refractivity contribution < 1.29 is 14.3 Å². The summed E-state index contributed by atoms with van der Waals surface area (Å²) in [6.07, 6.45) is 3.14. The number of hydrogen-bond acceptors (Lipinski definition) is 3. The van der Waals surface area contributed by atoms with Crippen LogP contribution < -0.4 is 5.32 Å². The molecular weight excluding hydrogens is 328 g/mol. The normalized spacial score (nSPS) is 32.6. The molecule has 1 aliphatic heterocycles. The van der Waals surface area contributed by atoms with Gasteiger partial charge < -0.3 is 15.0 Å². The molecule has 1 saturated heterocycles. The lowest BCUT2D eigenvalue weighted by molar-refractivity contribution is -0.143. The first-order valence-corrected chi connectivity index (χ1v) is 9.68. The number of rotatable bonds is 4. The number of alkyl carbamates (subject to hydrolysis) is 1. The molecule has 0 unspecified atom stereocenters. The highest BCUT2D eigenvalue weighted by Gasteiger charge is 2.53. The molecule has 0 atom stereocenters. The van der Waals surface area contributed by atoms with E-state index in [4.69, 9.17) is 4.74 Å².